The van der Waals surface area contributed by atoms with E-state index < -0.39 is 5.95 Å². The smallest absolute Gasteiger partial charge is 0.224 e. The molecule has 2 rings (SSSR count). The molecular formula is C12H16FN3O. The summed E-state index contributed by atoms with van der Waals surface area (Å²) in [7, 11) is 0. The van der Waals surface area contributed by atoms with Crippen molar-refractivity contribution in [3.63, 3.8) is 0 Å². The first-order valence-corrected chi connectivity index (χ1v) is 5.86. The number of carbonyl (C=O) groups is 1. The summed E-state index contributed by atoms with van der Waals surface area (Å²) < 4.78 is 12.5. The van der Waals surface area contributed by atoms with Crippen molar-refractivity contribution < 1.29 is 9.18 Å². The average Bonchev–Trinajstić information content (AvgIpc) is 2.83. The molecule has 2 heterocycles. The zero-order valence-corrected chi connectivity index (χ0v) is 9.58. The minimum absolute atomic E-state index is 0.0368. The van der Waals surface area contributed by atoms with Crippen molar-refractivity contribution in [2.24, 2.45) is 5.92 Å². The first-order chi connectivity index (χ1) is 8.24. The van der Waals surface area contributed by atoms with Crippen LogP contribution in [0.1, 0.15) is 19.3 Å². The SMILES string of the molecule is O=C(CCC1CCNC1)Nc1ccc(F)nc1. The van der Waals surface area contributed by atoms with Crippen molar-refractivity contribution in [2.45, 2.75) is 19.3 Å². The maximum Gasteiger partial charge on any atom is 0.224 e. The Morgan fingerprint density at radius 2 is 2.47 bits per heavy atom. The molecule has 1 aromatic rings. The van der Waals surface area contributed by atoms with Crippen LogP contribution in [-0.2, 0) is 4.79 Å². The third-order valence-electron chi connectivity index (χ3n) is 2.95. The fourth-order valence-electron chi connectivity index (χ4n) is 1.97. The Kier molecular flexibility index (Phi) is 4.03. The van der Waals surface area contributed by atoms with E-state index in [4.69, 9.17) is 0 Å². The van der Waals surface area contributed by atoms with Gasteiger partial charge in [0.25, 0.3) is 0 Å². The maximum atomic E-state index is 12.5. The van der Waals surface area contributed by atoms with Gasteiger partial charge in [0.05, 0.1) is 11.9 Å². The van der Waals surface area contributed by atoms with Gasteiger partial charge in [-0.2, -0.15) is 4.39 Å². The highest BCUT2D eigenvalue weighted by molar-refractivity contribution is 5.90. The van der Waals surface area contributed by atoms with Gasteiger partial charge in [-0.1, -0.05) is 0 Å². The Bertz CT molecular complexity index is 374. The number of carbonyl (C=O) groups excluding carboxylic acids is 1. The van der Waals surface area contributed by atoms with Gasteiger partial charge in [-0.25, -0.2) is 4.98 Å². The van der Waals surface area contributed by atoms with Gasteiger partial charge in [-0.3, -0.25) is 4.79 Å². The summed E-state index contributed by atoms with van der Waals surface area (Å²) >= 11 is 0. The zero-order chi connectivity index (χ0) is 12.1. The normalized spacial score (nSPS) is 19.2. The van der Waals surface area contributed by atoms with E-state index in [1.807, 2.05) is 0 Å². The molecule has 0 radical (unpaired) electrons. The quantitative estimate of drug-likeness (QED) is 0.781. The second-order valence-electron chi connectivity index (χ2n) is 4.32. The van der Waals surface area contributed by atoms with E-state index in [-0.39, 0.29) is 5.91 Å². The summed E-state index contributed by atoms with van der Waals surface area (Å²) in [4.78, 5) is 15.1. The van der Waals surface area contributed by atoms with Gasteiger partial charge in [0.15, 0.2) is 0 Å². The number of pyridine rings is 1. The van der Waals surface area contributed by atoms with Crippen LogP contribution in [0.15, 0.2) is 18.3 Å². The van der Waals surface area contributed by atoms with Crippen molar-refractivity contribution in [2.75, 3.05) is 18.4 Å². The van der Waals surface area contributed by atoms with Gasteiger partial charge < -0.3 is 10.6 Å². The standard InChI is InChI=1S/C12H16FN3O/c13-11-3-2-10(8-15-11)16-12(17)4-1-9-5-6-14-7-9/h2-3,8-9,14H,1,4-7H2,(H,16,17). The van der Waals surface area contributed by atoms with Crippen LogP contribution >= 0.6 is 0 Å². The molecule has 0 aliphatic carbocycles. The molecule has 1 amide bonds. The number of amides is 1. The van der Waals surface area contributed by atoms with Gasteiger partial charge in [0, 0.05) is 6.42 Å². The first kappa shape index (κ1) is 12.0. The number of hydrogen-bond donors (Lipinski definition) is 2. The van der Waals surface area contributed by atoms with Gasteiger partial charge in [0.2, 0.25) is 11.9 Å². The zero-order valence-electron chi connectivity index (χ0n) is 9.58. The molecule has 0 saturated carbocycles. The molecule has 17 heavy (non-hydrogen) atoms. The van der Waals surface area contributed by atoms with Crippen LogP contribution in [0.2, 0.25) is 0 Å². The van der Waals surface area contributed by atoms with E-state index in [0.29, 0.717) is 18.0 Å². The summed E-state index contributed by atoms with van der Waals surface area (Å²) in [6.07, 6.45) is 3.87. The van der Waals surface area contributed by atoms with E-state index in [9.17, 15) is 9.18 Å². The highest BCUT2D eigenvalue weighted by Gasteiger charge is 2.15. The third kappa shape index (κ3) is 3.78. The fraction of sp³-hybridized carbons (Fsp3) is 0.500. The predicted octanol–water partition coefficient (Wildman–Crippen LogP) is 1.55. The lowest BCUT2D eigenvalue weighted by molar-refractivity contribution is -0.116. The molecule has 1 aliphatic heterocycles. The lowest BCUT2D eigenvalue weighted by Crippen LogP contribution is -2.15. The summed E-state index contributed by atoms with van der Waals surface area (Å²) in [5, 5.41) is 5.97. The van der Waals surface area contributed by atoms with Crippen LogP contribution in [0.5, 0.6) is 0 Å². The number of rotatable bonds is 4. The van der Waals surface area contributed by atoms with Gasteiger partial charge in [-0.15, -0.1) is 0 Å². The Labute approximate surface area is 99.6 Å². The molecule has 5 heteroatoms. The maximum absolute atomic E-state index is 12.5. The second-order valence-corrected chi connectivity index (χ2v) is 4.32. The van der Waals surface area contributed by atoms with E-state index in [2.05, 4.69) is 15.6 Å². The van der Waals surface area contributed by atoms with Gasteiger partial charge >= 0.3 is 0 Å². The average molecular weight is 237 g/mol. The molecule has 1 atom stereocenters. The monoisotopic (exact) mass is 237 g/mol. The summed E-state index contributed by atoms with van der Waals surface area (Å²) in [5.74, 6) is 0.0254. The van der Waals surface area contributed by atoms with E-state index >= 15 is 0 Å². The minimum Gasteiger partial charge on any atom is -0.325 e. The second kappa shape index (κ2) is 5.72. The Morgan fingerprint density at radius 1 is 1.59 bits per heavy atom. The number of nitrogens with one attached hydrogen (secondary N) is 2. The first-order valence-electron chi connectivity index (χ1n) is 5.86. The molecule has 0 spiro atoms. The number of anilines is 1. The molecule has 0 aromatic carbocycles. The van der Waals surface area contributed by atoms with E-state index in [1.54, 1.807) is 0 Å². The molecule has 4 nitrogen and oxygen atoms in total. The van der Waals surface area contributed by atoms with E-state index in [0.717, 1.165) is 25.9 Å². The molecule has 1 aromatic heterocycles. The van der Waals surface area contributed by atoms with Crippen LogP contribution in [0.4, 0.5) is 10.1 Å². The largest absolute Gasteiger partial charge is 0.325 e. The molecule has 1 saturated heterocycles. The summed E-state index contributed by atoms with van der Waals surface area (Å²) in [6, 6.07) is 2.74. The van der Waals surface area contributed by atoms with Crippen molar-refractivity contribution in [3.8, 4) is 0 Å². The Morgan fingerprint density at radius 3 is 3.12 bits per heavy atom. The molecule has 2 N–H and O–H groups in total. The van der Waals surface area contributed by atoms with Crippen LogP contribution in [0.25, 0.3) is 0 Å². The number of hydrogen-bond acceptors (Lipinski definition) is 3. The fourth-order valence-corrected chi connectivity index (χ4v) is 1.97. The molecular weight excluding hydrogens is 221 g/mol. The van der Waals surface area contributed by atoms with Gasteiger partial charge in [-0.05, 0) is 44.0 Å². The number of halogens is 1. The molecule has 1 fully saturated rings. The topological polar surface area (TPSA) is 54.0 Å². The predicted molar refractivity (Wildman–Crippen MR) is 63.0 cm³/mol. The molecule has 1 unspecified atom stereocenters. The molecule has 92 valence electrons. The number of aromatic nitrogens is 1. The summed E-state index contributed by atoms with van der Waals surface area (Å²) in [5.41, 5.74) is 0.543. The molecule has 1 aliphatic rings. The van der Waals surface area contributed by atoms with E-state index in [1.165, 1.54) is 18.3 Å². The lowest BCUT2D eigenvalue weighted by Gasteiger charge is -2.08. The van der Waals surface area contributed by atoms with Crippen molar-refractivity contribution in [1.29, 1.82) is 0 Å². The van der Waals surface area contributed by atoms with Crippen LogP contribution in [0.3, 0.4) is 0 Å². The van der Waals surface area contributed by atoms with Crippen LogP contribution in [0, 0.1) is 11.9 Å². The minimum atomic E-state index is -0.542. The lowest BCUT2D eigenvalue weighted by atomic mass is 10.0. The van der Waals surface area contributed by atoms with Crippen molar-refractivity contribution >= 4 is 11.6 Å². The Hall–Kier alpha value is -1.49. The highest BCUT2D eigenvalue weighted by Crippen LogP contribution is 2.15. The third-order valence-corrected chi connectivity index (χ3v) is 2.95. The molecule has 0 bridgehead atoms. The Balaban J connectivity index is 1.74. The van der Waals surface area contributed by atoms with Crippen LogP contribution < -0.4 is 10.6 Å². The van der Waals surface area contributed by atoms with Crippen molar-refractivity contribution in [3.05, 3.63) is 24.3 Å². The van der Waals surface area contributed by atoms with Crippen LogP contribution in [-0.4, -0.2) is 24.0 Å². The van der Waals surface area contributed by atoms with Gasteiger partial charge in [0.1, 0.15) is 0 Å². The highest BCUT2D eigenvalue weighted by atomic mass is 19.1. The van der Waals surface area contributed by atoms with Crippen molar-refractivity contribution in [1.82, 2.24) is 10.3 Å². The summed E-state index contributed by atoms with van der Waals surface area (Å²) in [6.45, 7) is 2.06. The number of nitrogens with zero attached hydrogens (tertiary/aromatic N) is 1.